The Morgan fingerprint density at radius 3 is 2.76 bits per heavy atom. The van der Waals surface area contributed by atoms with Crippen LogP contribution in [0.25, 0.3) is 11.1 Å². The number of hydrogen-bond acceptors (Lipinski definition) is 4. The molecule has 25 heavy (non-hydrogen) atoms. The van der Waals surface area contributed by atoms with Crippen LogP contribution in [0.5, 0.6) is 0 Å². The number of fused-ring (bicyclic) bond motifs is 1. The first-order valence-corrected chi connectivity index (χ1v) is 8.23. The van der Waals surface area contributed by atoms with Crippen LogP contribution in [-0.2, 0) is 6.54 Å². The number of nitro benzene ring substituents is 1. The summed E-state index contributed by atoms with van der Waals surface area (Å²) in [5.41, 5.74) is 2.83. The fraction of sp³-hybridized carbons (Fsp3) is 0.278. The topological polar surface area (TPSA) is 81.5 Å². The van der Waals surface area contributed by atoms with Gasteiger partial charge in [0.05, 0.1) is 16.7 Å². The Labute approximate surface area is 143 Å². The van der Waals surface area contributed by atoms with Crippen molar-refractivity contribution in [2.75, 3.05) is 13.1 Å². The average Bonchev–Trinajstić information content (AvgIpc) is 3.33. The van der Waals surface area contributed by atoms with Crippen molar-refractivity contribution in [1.29, 1.82) is 0 Å². The first-order valence-electron chi connectivity index (χ1n) is 8.23. The number of carbonyl (C=O) groups is 1. The molecular weight excluding hydrogens is 322 g/mol. The highest BCUT2D eigenvalue weighted by Gasteiger charge is 2.25. The summed E-state index contributed by atoms with van der Waals surface area (Å²) in [5, 5.41) is 11.0. The zero-order chi connectivity index (χ0) is 17.4. The van der Waals surface area contributed by atoms with Crippen LogP contribution < -0.4 is 0 Å². The van der Waals surface area contributed by atoms with Crippen molar-refractivity contribution < 1.29 is 14.1 Å². The Balaban J connectivity index is 1.74. The summed E-state index contributed by atoms with van der Waals surface area (Å²) >= 11 is 0. The lowest BCUT2D eigenvalue weighted by atomic mass is 10.2. The molecule has 1 aliphatic rings. The molecule has 0 atom stereocenters. The van der Waals surface area contributed by atoms with E-state index < -0.39 is 4.92 Å². The minimum atomic E-state index is -0.414. The van der Waals surface area contributed by atoms with Crippen molar-refractivity contribution in [3.05, 3.63) is 64.0 Å². The van der Waals surface area contributed by atoms with Gasteiger partial charge in [0, 0.05) is 43.9 Å². The van der Waals surface area contributed by atoms with E-state index >= 15 is 0 Å². The van der Waals surface area contributed by atoms with Crippen LogP contribution in [0.2, 0.25) is 0 Å². The predicted molar refractivity (Wildman–Crippen MR) is 91.5 cm³/mol. The third-order valence-corrected chi connectivity index (χ3v) is 4.60. The van der Waals surface area contributed by atoms with E-state index in [0.717, 1.165) is 37.0 Å². The minimum absolute atomic E-state index is 0.0191. The lowest BCUT2D eigenvalue weighted by molar-refractivity contribution is -0.384. The summed E-state index contributed by atoms with van der Waals surface area (Å²) < 4.78 is 7.33. The molecule has 1 aromatic carbocycles. The molecule has 3 heterocycles. The van der Waals surface area contributed by atoms with Crippen molar-refractivity contribution in [3.63, 3.8) is 0 Å². The minimum Gasteiger partial charge on any atom is -0.463 e. The molecule has 3 aromatic rings. The molecule has 0 radical (unpaired) electrons. The maximum Gasteiger partial charge on any atom is 0.270 e. The van der Waals surface area contributed by atoms with Gasteiger partial charge in [-0.3, -0.25) is 14.9 Å². The number of carbonyl (C=O) groups excluding carboxylic acids is 1. The number of aromatic nitrogens is 1. The molecule has 1 saturated heterocycles. The fourth-order valence-electron chi connectivity index (χ4n) is 3.36. The quantitative estimate of drug-likeness (QED) is 0.539. The Morgan fingerprint density at radius 2 is 2.00 bits per heavy atom. The highest BCUT2D eigenvalue weighted by atomic mass is 16.6. The number of amides is 1. The largest absolute Gasteiger partial charge is 0.463 e. The summed E-state index contributed by atoms with van der Waals surface area (Å²) in [6.45, 7) is 1.91. The second-order valence-corrected chi connectivity index (χ2v) is 6.21. The van der Waals surface area contributed by atoms with Crippen LogP contribution >= 0.6 is 0 Å². The Morgan fingerprint density at radius 1 is 1.20 bits per heavy atom. The van der Waals surface area contributed by atoms with Crippen LogP contribution in [0.4, 0.5) is 5.69 Å². The van der Waals surface area contributed by atoms with Crippen LogP contribution in [0.15, 0.2) is 47.1 Å². The number of rotatable bonds is 4. The van der Waals surface area contributed by atoms with E-state index in [0.29, 0.717) is 17.8 Å². The molecule has 0 unspecified atom stereocenters. The van der Waals surface area contributed by atoms with E-state index in [-0.39, 0.29) is 11.6 Å². The molecule has 0 saturated carbocycles. The van der Waals surface area contributed by atoms with Crippen molar-refractivity contribution in [2.24, 2.45) is 0 Å². The van der Waals surface area contributed by atoms with E-state index in [1.54, 1.807) is 18.4 Å². The van der Waals surface area contributed by atoms with Gasteiger partial charge in [-0.05, 0) is 18.4 Å². The van der Waals surface area contributed by atoms with Crippen LogP contribution in [0, 0.1) is 10.1 Å². The average molecular weight is 339 g/mol. The monoisotopic (exact) mass is 339 g/mol. The molecule has 1 fully saturated rings. The maximum atomic E-state index is 12.9. The normalized spacial score (nSPS) is 14.3. The maximum absolute atomic E-state index is 12.9. The van der Waals surface area contributed by atoms with Gasteiger partial charge in [0.1, 0.15) is 5.69 Å². The van der Waals surface area contributed by atoms with Crippen molar-refractivity contribution in [1.82, 2.24) is 9.47 Å². The Bertz CT molecular complexity index is 950. The van der Waals surface area contributed by atoms with Gasteiger partial charge in [-0.1, -0.05) is 12.1 Å². The summed E-state index contributed by atoms with van der Waals surface area (Å²) in [7, 11) is 0. The van der Waals surface area contributed by atoms with Gasteiger partial charge >= 0.3 is 0 Å². The van der Waals surface area contributed by atoms with E-state index in [4.69, 9.17) is 4.42 Å². The SMILES string of the molecule is O=C(c1cc2occc2n1Cc1cccc([N+](=O)[O-])c1)N1CCCC1. The molecule has 7 nitrogen and oxygen atoms in total. The Hall–Kier alpha value is -3.09. The predicted octanol–water partition coefficient (Wildman–Crippen LogP) is 3.43. The third kappa shape index (κ3) is 2.77. The van der Waals surface area contributed by atoms with E-state index in [2.05, 4.69) is 0 Å². The lowest BCUT2D eigenvalue weighted by Crippen LogP contribution is -2.29. The van der Waals surface area contributed by atoms with E-state index in [1.807, 2.05) is 21.6 Å². The smallest absolute Gasteiger partial charge is 0.270 e. The van der Waals surface area contributed by atoms with Gasteiger partial charge in [0.25, 0.3) is 11.6 Å². The zero-order valence-electron chi connectivity index (χ0n) is 13.6. The zero-order valence-corrected chi connectivity index (χ0v) is 13.6. The van der Waals surface area contributed by atoms with E-state index in [9.17, 15) is 14.9 Å². The summed E-state index contributed by atoms with van der Waals surface area (Å²) in [6, 6.07) is 10.0. The molecule has 128 valence electrons. The first-order chi connectivity index (χ1) is 12.1. The molecule has 2 aromatic heterocycles. The molecule has 0 bridgehead atoms. The van der Waals surface area contributed by atoms with Gasteiger partial charge in [-0.2, -0.15) is 0 Å². The first kappa shape index (κ1) is 15.4. The van der Waals surface area contributed by atoms with Gasteiger partial charge in [-0.25, -0.2) is 0 Å². The molecule has 4 rings (SSSR count). The third-order valence-electron chi connectivity index (χ3n) is 4.60. The lowest BCUT2D eigenvalue weighted by Gasteiger charge is -2.17. The summed E-state index contributed by atoms with van der Waals surface area (Å²) in [5.74, 6) is -0.0191. The second kappa shape index (κ2) is 6.08. The molecule has 0 N–H and O–H groups in total. The van der Waals surface area contributed by atoms with Crippen molar-refractivity contribution in [3.8, 4) is 0 Å². The van der Waals surface area contributed by atoms with Crippen molar-refractivity contribution in [2.45, 2.75) is 19.4 Å². The summed E-state index contributed by atoms with van der Waals surface area (Å²) in [6.07, 6.45) is 3.62. The van der Waals surface area contributed by atoms with Crippen LogP contribution in [0.1, 0.15) is 28.9 Å². The number of nitrogens with zero attached hydrogens (tertiary/aromatic N) is 3. The standard InChI is InChI=1S/C18H17N3O4/c22-18(19-7-1-2-8-19)16-11-17-15(6-9-25-17)20(16)12-13-4-3-5-14(10-13)21(23)24/h3-6,9-11H,1-2,7-8,12H2. The highest BCUT2D eigenvalue weighted by molar-refractivity contribution is 5.97. The molecule has 0 spiro atoms. The summed E-state index contributed by atoms with van der Waals surface area (Å²) in [4.78, 5) is 25.3. The molecule has 1 aliphatic heterocycles. The number of furan rings is 1. The molecule has 7 heteroatoms. The highest BCUT2D eigenvalue weighted by Crippen LogP contribution is 2.25. The van der Waals surface area contributed by atoms with Crippen molar-refractivity contribution >= 4 is 22.7 Å². The van der Waals surface area contributed by atoms with Gasteiger partial charge in [-0.15, -0.1) is 0 Å². The number of hydrogen-bond donors (Lipinski definition) is 0. The Kier molecular flexibility index (Phi) is 3.76. The van der Waals surface area contributed by atoms with Crippen LogP contribution in [-0.4, -0.2) is 33.4 Å². The van der Waals surface area contributed by atoms with Gasteiger partial charge in [0.2, 0.25) is 0 Å². The number of nitro groups is 1. The second-order valence-electron chi connectivity index (χ2n) is 6.21. The van der Waals surface area contributed by atoms with Gasteiger partial charge in [0.15, 0.2) is 5.58 Å². The fourth-order valence-corrected chi connectivity index (χ4v) is 3.36. The number of benzene rings is 1. The number of non-ortho nitro benzene ring substituents is 1. The molecule has 1 amide bonds. The molecule has 0 aliphatic carbocycles. The van der Waals surface area contributed by atoms with Crippen LogP contribution in [0.3, 0.4) is 0 Å². The number of likely N-dealkylation sites (tertiary alicyclic amines) is 1. The molecular formula is C18H17N3O4. The van der Waals surface area contributed by atoms with Gasteiger partial charge < -0.3 is 13.9 Å². The van der Waals surface area contributed by atoms with E-state index in [1.165, 1.54) is 12.1 Å².